The number of benzene rings is 1. The normalized spacial score (nSPS) is 24.3. The summed E-state index contributed by atoms with van der Waals surface area (Å²) in [6, 6.07) is 5.85. The minimum atomic E-state index is -3.88. The van der Waals surface area contributed by atoms with E-state index in [0.29, 0.717) is 6.42 Å². The van der Waals surface area contributed by atoms with E-state index in [1.165, 1.54) is 16.4 Å². The number of nitrogens with zero attached hydrogens (tertiary/aromatic N) is 1. The second kappa shape index (κ2) is 5.68. The van der Waals surface area contributed by atoms with Gasteiger partial charge in [-0.05, 0) is 32.4 Å². The van der Waals surface area contributed by atoms with Gasteiger partial charge in [0.1, 0.15) is 0 Å². The van der Waals surface area contributed by atoms with Gasteiger partial charge in [0, 0.05) is 12.6 Å². The highest BCUT2D eigenvalue weighted by molar-refractivity contribution is 7.88. The van der Waals surface area contributed by atoms with E-state index in [9.17, 15) is 16.8 Å². The summed E-state index contributed by atoms with van der Waals surface area (Å²) in [5.41, 5.74) is 0.950. The predicted molar refractivity (Wildman–Crippen MR) is 78.9 cm³/mol. The third-order valence-corrected chi connectivity index (χ3v) is 6.33. The van der Waals surface area contributed by atoms with Crippen LogP contribution in [-0.4, -0.2) is 46.1 Å². The quantitative estimate of drug-likeness (QED) is 0.772. The molecule has 2 atom stereocenters. The molecule has 0 amide bonds. The Kier molecular flexibility index (Phi) is 4.44. The molecule has 0 radical (unpaired) electrons. The molecule has 1 aliphatic heterocycles. The fourth-order valence-electron chi connectivity index (χ4n) is 2.40. The van der Waals surface area contributed by atoms with Crippen molar-refractivity contribution in [3.63, 3.8) is 0 Å². The smallest absolute Gasteiger partial charge is 0.261 e. The molecule has 0 bridgehead atoms. The number of hydrogen-bond acceptors (Lipinski definition) is 5. The standard InChI is InChI=1S/C13H19NO5S2/c1-10-4-6-12(7-5-10)21(17,18)19-13-8-9-14(11(13)2)20(3,15)16/h4-7,11,13H,8-9H2,1-3H3/t11-,13+/m1/s1. The molecule has 1 fully saturated rings. The molecule has 0 N–H and O–H groups in total. The topological polar surface area (TPSA) is 80.8 Å². The van der Waals surface area contributed by atoms with E-state index in [4.69, 9.17) is 4.18 Å². The Labute approximate surface area is 125 Å². The van der Waals surface area contributed by atoms with Crippen molar-refractivity contribution in [1.82, 2.24) is 4.31 Å². The van der Waals surface area contributed by atoms with E-state index in [1.54, 1.807) is 19.1 Å². The summed E-state index contributed by atoms with van der Waals surface area (Å²) in [7, 11) is -7.24. The number of sulfonamides is 1. The van der Waals surface area contributed by atoms with Crippen molar-refractivity contribution in [3.05, 3.63) is 29.8 Å². The zero-order valence-corrected chi connectivity index (χ0v) is 13.8. The van der Waals surface area contributed by atoms with Crippen LogP contribution in [0, 0.1) is 6.92 Å². The molecule has 0 unspecified atom stereocenters. The lowest BCUT2D eigenvalue weighted by atomic mass is 10.2. The maximum absolute atomic E-state index is 12.2. The third kappa shape index (κ3) is 3.63. The van der Waals surface area contributed by atoms with Crippen LogP contribution in [0.4, 0.5) is 0 Å². The van der Waals surface area contributed by atoms with Gasteiger partial charge in [-0.15, -0.1) is 0 Å². The van der Waals surface area contributed by atoms with Crippen LogP contribution in [0.25, 0.3) is 0 Å². The molecule has 1 aliphatic rings. The Morgan fingerprint density at radius 3 is 2.19 bits per heavy atom. The van der Waals surface area contributed by atoms with E-state index >= 15 is 0 Å². The van der Waals surface area contributed by atoms with Crippen molar-refractivity contribution < 1.29 is 21.0 Å². The Hall–Kier alpha value is -0.960. The molecule has 21 heavy (non-hydrogen) atoms. The highest BCUT2D eigenvalue weighted by Gasteiger charge is 2.39. The van der Waals surface area contributed by atoms with E-state index in [0.717, 1.165) is 11.8 Å². The molecule has 8 heteroatoms. The fraction of sp³-hybridized carbons (Fsp3) is 0.538. The molecular weight excluding hydrogens is 314 g/mol. The molecule has 0 saturated carbocycles. The van der Waals surface area contributed by atoms with Crippen LogP contribution in [0.15, 0.2) is 29.2 Å². The van der Waals surface area contributed by atoms with Gasteiger partial charge in [0.15, 0.2) is 0 Å². The van der Waals surface area contributed by atoms with E-state index in [2.05, 4.69) is 0 Å². The average molecular weight is 333 g/mol. The van der Waals surface area contributed by atoms with Crippen molar-refractivity contribution in [2.24, 2.45) is 0 Å². The lowest BCUT2D eigenvalue weighted by Crippen LogP contribution is -2.38. The highest BCUT2D eigenvalue weighted by atomic mass is 32.2. The van der Waals surface area contributed by atoms with Gasteiger partial charge in [0.05, 0.1) is 17.3 Å². The predicted octanol–water partition coefficient (Wildman–Crippen LogP) is 1.12. The molecule has 0 aliphatic carbocycles. The Balaban J connectivity index is 2.17. The summed E-state index contributed by atoms with van der Waals surface area (Å²) in [6.45, 7) is 3.79. The van der Waals surface area contributed by atoms with Crippen molar-refractivity contribution in [1.29, 1.82) is 0 Å². The van der Waals surface area contributed by atoms with Crippen molar-refractivity contribution in [2.45, 2.75) is 37.3 Å². The molecule has 1 aromatic rings. The van der Waals surface area contributed by atoms with Crippen molar-refractivity contribution in [3.8, 4) is 0 Å². The summed E-state index contributed by atoms with van der Waals surface area (Å²) in [5, 5.41) is 0. The first-order valence-electron chi connectivity index (χ1n) is 6.58. The van der Waals surface area contributed by atoms with Crippen LogP contribution in [0.3, 0.4) is 0 Å². The van der Waals surface area contributed by atoms with Gasteiger partial charge in [-0.25, -0.2) is 8.42 Å². The van der Waals surface area contributed by atoms with E-state index in [-0.39, 0.29) is 11.4 Å². The first-order chi connectivity index (χ1) is 9.61. The maximum atomic E-state index is 12.2. The number of rotatable bonds is 4. The minimum Gasteiger partial charge on any atom is -0.261 e. The zero-order chi connectivity index (χ0) is 15.8. The van der Waals surface area contributed by atoms with Crippen LogP contribution in [-0.2, 0) is 24.3 Å². The Morgan fingerprint density at radius 1 is 1.14 bits per heavy atom. The van der Waals surface area contributed by atoms with Crippen LogP contribution < -0.4 is 0 Å². The molecular formula is C13H19NO5S2. The Bertz CT molecular complexity index is 709. The van der Waals surface area contributed by atoms with Gasteiger partial charge < -0.3 is 0 Å². The van der Waals surface area contributed by atoms with Gasteiger partial charge in [-0.3, -0.25) is 4.18 Å². The lowest BCUT2D eigenvalue weighted by molar-refractivity contribution is 0.182. The largest absolute Gasteiger partial charge is 0.297 e. The summed E-state index contributed by atoms with van der Waals surface area (Å²) in [6.07, 6.45) is 0.811. The van der Waals surface area contributed by atoms with Crippen LogP contribution >= 0.6 is 0 Å². The van der Waals surface area contributed by atoms with Gasteiger partial charge in [0.25, 0.3) is 10.1 Å². The summed E-state index contributed by atoms with van der Waals surface area (Å²) < 4.78 is 54.1. The molecule has 0 aromatic heterocycles. The molecule has 118 valence electrons. The van der Waals surface area contributed by atoms with Crippen LogP contribution in [0.1, 0.15) is 18.9 Å². The van der Waals surface area contributed by atoms with Crippen LogP contribution in [0.5, 0.6) is 0 Å². The number of hydrogen-bond donors (Lipinski definition) is 0. The minimum absolute atomic E-state index is 0.0816. The molecule has 1 heterocycles. The van der Waals surface area contributed by atoms with Crippen molar-refractivity contribution in [2.75, 3.05) is 12.8 Å². The summed E-state index contributed by atoms with van der Waals surface area (Å²) >= 11 is 0. The lowest BCUT2D eigenvalue weighted by Gasteiger charge is -2.22. The van der Waals surface area contributed by atoms with E-state index in [1.807, 2.05) is 6.92 Å². The second-order valence-corrected chi connectivity index (χ2v) is 8.81. The monoisotopic (exact) mass is 333 g/mol. The van der Waals surface area contributed by atoms with Gasteiger partial charge in [-0.1, -0.05) is 17.7 Å². The molecule has 2 rings (SSSR count). The summed E-state index contributed by atoms with van der Waals surface area (Å²) in [5.74, 6) is 0. The SMILES string of the molecule is Cc1ccc(S(=O)(=O)O[C@H]2CCN(S(C)(=O)=O)[C@@H]2C)cc1. The molecule has 1 aromatic carbocycles. The van der Waals surface area contributed by atoms with Crippen LogP contribution in [0.2, 0.25) is 0 Å². The van der Waals surface area contributed by atoms with Gasteiger partial charge in [-0.2, -0.15) is 12.7 Å². The maximum Gasteiger partial charge on any atom is 0.297 e. The first-order valence-corrected chi connectivity index (χ1v) is 9.84. The van der Waals surface area contributed by atoms with Gasteiger partial charge >= 0.3 is 0 Å². The molecule has 1 saturated heterocycles. The molecule has 6 nitrogen and oxygen atoms in total. The first kappa shape index (κ1) is 16.4. The highest BCUT2D eigenvalue weighted by Crippen LogP contribution is 2.26. The zero-order valence-electron chi connectivity index (χ0n) is 12.2. The second-order valence-electron chi connectivity index (χ2n) is 5.30. The number of aryl methyl sites for hydroxylation is 1. The molecule has 0 spiro atoms. The van der Waals surface area contributed by atoms with E-state index < -0.39 is 32.3 Å². The summed E-state index contributed by atoms with van der Waals surface area (Å²) in [4.78, 5) is 0.0816. The van der Waals surface area contributed by atoms with Gasteiger partial charge in [0.2, 0.25) is 10.0 Å². The fourth-order valence-corrected chi connectivity index (χ4v) is 4.74. The average Bonchev–Trinajstić information content (AvgIpc) is 2.70. The Morgan fingerprint density at radius 2 is 1.71 bits per heavy atom. The van der Waals surface area contributed by atoms with Crippen molar-refractivity contribution >= 4 is 20.1 Å². The third-order valence-electron chi connectivity index (χ3n) is 3.61.